The van der Waals surface area contributed by atoms with E-state index in [9.17, 15) is 19.0 Å². The van der Waals surface area contributed by atoms with E-state index >= 15 is 0 Å². The Labute approximate surface area is 158 Å². The highest BCUT2D eigenvalue weighted by atomic mass is 19.3. The van der Waals surface area contributed by atoms with Gasteiger partial charge in [-0.2, -0.15) is 0 Å². The number of aliphatic hydroxyl groups excluding tert-OH is 1. The lowest BCUT2D eigenvalue weighted by Gasteiger charge is -2.28. The molecule has 4 N–H and O–H groups in total. The van der Waals surface area contributed by atoms with E-state index in [0.717, 1.165) is 6.07 Å². The van der Waals surface area contributed by atoms with Crippen molar-refractivity contribution in [1.29, 1.82) is 0 Å². The summed E-state index contributed by atoms with van der Waals surface area (Å²) in [5.41, 5.74) is 4.72. The Hall–Kier alpha value is -2.69. The number of alkyl halides is 2. The lowest BCUT2D eigenvalue weighted by molar-refractivity contribution is -0.111. The summed E-state index contributed by atoms with van der Waals surface area (Å²) in [5.74, 6) is 0.321. The number of nitrogens with zero attached hydrogens (tertiary/aromatic N) is 4. The fourth-order valence-corrected chi connectivity index (χ4v) is 3.58. The molecule has 148 valence electrons. The van der Waals surface area contributed by atoms with Gasteiger partial charge in [0.1, 0.15) is 41.9 Å². The number of aliphatic hydroxyl groups is 2. The van der Waals surface area contributed by atoms with Crippen molar-refractivity contribution >= 4 is 16.9 Å². The van der Waals surface area contributed by atoms with Crippen LogP contribution in [0.25, 0.3) is 11.0 Å². The van der Waals surface area contributed by atoms with Gasteiger partial charge in [-0.05, 0) is 30.7 Å². The first kappa shape index (κ1) is 18.7. The van der Waals surface area contributed by atoms with Crippen LogP contribution in [0.1, 0.15) is 43.4 Å². The van der Waals surface area contributed by atoms with Gasteiger partial charge in [-0.3, -0.25) is 4.98 Å². The predicted octanol–water partition coefficient (Wildman–Crippen LogP) is 2.12. The summed E-state index contributed by atoms with van der Waals surface area (Å²) in [7, 11) is 0. The van der Waals surface area contributed by atoms with Gasteiger partial charge >= 0.3 is 0 Å². The van der Waals surface area contributed by atoms with E-state index in [2.05, 4.69) is 15.0 Å². The van der Waals surface area contributed by atoms with Crippen LogP contribution in [0.5, 0.6) is 0 Å². The molecule has 8 nitrogen and oxygen atoms in total. The number of nitrogens with two attached hydrogens (primary N) is 1. The number of aromatic nitrogens is 4. The van der Waals surface area contributed by atoms with Crippen molar-refractivity contribution in [1.82, 2.24) is 19.5 Å². The fraction of sp³-hybridized carbons (Fsp3) is 0.389. The lowest BCUT2D eigenvalue weighted by Crippen LogP contribution is -2.39. The van der Waals surface area contributed by atoms with Crippen LogP contribution >= 0.6 is 0 Å². The summed E-state index contributed by atoms with van der Waals surface area (Å²) in [6.07, 6.45) is -1.35. The van der Waals surface area contributed by atoms with Crippen LogP contribution in [-0.2, 0) is 4.74 Å². The molecule has 1 aliphatic heterocycles. The van der Waals surface area contributed by atoms with E-state index in [-0.39, 0.29) is 12.0 Å². The second kappa shape index (κ2) is 6.73. The predicted molar refractivity (Wildman–Crippen MR) is 95.2 cm³/mol. The van der Waals surface area contributed by atoms with E-state index in [1.54, 1.807) is 16.8 Å². The summed E-state index contributed by atoms with van der Waals surface area (Å²) in [6.45, 7) is 1.53. The fourth-order valence-electron chi connectivity index (χ4n) is 3.58. The summed E-state index contributed by atoms with van der Waals surface area (Å²) in [4.78, 5) is 11.7. The SMILES string of the molecule is C[C@]1(O)C[C@H](n2ccc3c(N)ncnc32)O[C@@H]1[C@@H](O)c1ccnc(C(F)F)c1. The molecule has 1 saturated heterocycles. The maximum atomic E-state index is 12.9. The molecule has 1 fully saturated rings. The van der Waals surface area contributed by atoms with Gasteiger partial charge < -0.3 is 25.3 Å². The Bertz CT molecular complexity index is 1010. The molecule has 0 bridgehead atoms. The Morgan fingerprint density at radius 2 is 2.11 bits per heavy atom. The molecule has 1 aliphatic rings. The number of ether oxygens (including phenoxy) is 1. The summed E-state index contributed by atoms with van der Waals surface area (Å²) >= 11 is 0. The summed E-state index contributed by atoms with van der Waals surface area (Å²) in [6, 6.07) is 4.27. The third-order valence-electron chi connectivity index (χ3n) is 5.01. The van der Waals surface area contributed by atoms with Gasteiger partial charge in [0, 0.05) is 18.8 Å². The van der Waals surface area contributed by atoms with E-state index in [0.29, 0.717) is 16.9 Å². The molecule has 0 radical (unpaired) electrons. The largest absolute Gasteiger partial charge is 0.387 e. The third kappa shape index (κ3) is 3.09. The highest BCUT2D eigenvalue weighted by Crippen LogP contribution is 2.43. The van der Waals surface area contributed by atoms with Crippen LogP contribution in [0.3, 0.4) is 0 Å². The van der Waals surface area contributed by atoms with Crippen molar-refractivity contribution in [2.24, 2.45) is 0 Å². The number of pyridine rings is 1. The van der Waals surface area contributed by atoms with Gasteiger partial charge in [0.25, 0.3) is 6.43 Å². The third-order valence-corrected chi connectivity index (χ3v) is 5.01. The minimum Gasteiger partial charge on any atom is -0.387 e. The molecule has 3 aromatic rings. The van der Waals surface area contributed by atoms with Crippen molar-refractivity contribution in [2.45, 2.75) is 43.8 Å². The van der Waals surface area contributed by atoms with Gasteiger partial charge in [0.2, 0.25) is 0 Å². The maximum Gasteiger partial charge on any atom is 0.280 e. The topological polar surface area (TPSA) is 119 Å². The van der Waals surface area contributed by atoms with Crippen molar-refractivity contribution in [3.8, 4) is 0 Å². The zero-order valence-electron chi connectivity index (χ0n) is 14.9. The first-order valence-electron chi connectivity index (χ1n) is 8.65. The minimum absolute atomic E-state index is 0.162. The molecule has 0 spiro atoms. The summed E-state index contributed by atoms with van der Waals surface area (Å²) in [5, 5.41) is 22.2. The van der Waals surface area contributed by atoms with Gasteiger partial charge in [-0.15, -0.1) is 0 Å². The molecule has 4 rings (SSSR count). The van der Waals surface area contributed by atoms with E-state index in [1.165, 1.54) is 25.5 Å². The van der Waals surface area contributed by atoms with Crippen molar-refractivity contribution in [3.05, 3.63) is 48.2 Å². The number of fused-ring (bicyclic) bond motifs is 1. The molecule has 0 unspecified atom stereocenters. The molecular weight excluding hydrogens is 372 g/mol. The van der Waals surface area contributed by atoms with Gasteiger partial charge in [0.05, 0.1) is 11.0 Å². The molecule has 4 heterocycles. The van der Waals surface area contributed by atoms with Gasteiger partial charge in [0.15, 0.2) is 0 Å². The average molecular weight is 391 g/mol. The average Bonchev–Trinajstić information content (AvgIpc) is 3.22. The zero-order chi connectivity index (χ0) is 20.1. The molecule has 28 heavy (non-hydrogen) atoms. The van der Waals surface area contributed by atoms with Crippen molar-refractivity contribution in [2.75, 3.05) is 5.73 Å². The molecule has 4 atom stereocenters. The number of halogens is 2. The molecule has 3 aromatic heterocycles. The van der Waals surface area contributed by atoms with E-state index in [4.69, 9.17) is 10.5 Å². The highest BCUT2D eigenvalue weighted by Gasteiger charge is 2.48. The normalized spacial score (nSPS) is 26.2. The number of hydrogen-bond acceptors (Lipinski definition) is 7. The molecular formula is C18H19F2N5O3. The van der Waals surface area contributed by atoms with Gasteiger partial charge in [-0.1, -0.05) is 0 Å². The lowest BCUT2D eigenvalue weighted by atomic mass is 9.90. The van der Waals surface area contributed by atoms with Gasteiger partial charge in [-0.25, -0.2) is 18.7 Å². The number of hydrogen-bond donors (Lipinski definition) is 3. The van der Waals surface area contributed by atoms with Crippen LogP contribution < -0.4 is 5.73 Å². The maximum absolute atomic E-state index is 12.9. The van der Waals surface area contributed by atoms with Crippen LogP contribution in [0, 0.1) is 0 Å². The Balaban J connectivity index is 1.64. The number of rotatable bonds is 4. The van der Waals surface area contributed by atoms with Crippen molar-refractivity contribution < 1.29 is 23.7 Å². The number of nitrogen functional groups attached to an aromatic ring is 1. The Morgan fingerprint density at radius 3 is 2.86 bits per heavy atom. The smallest absolute Gasteiger partial charge is 0.280 e. The van der Waals surface area contributed by atoms with Crippen LogP contribution in [0.15, 0.2) is 36.9 Å². The van der Waals surface area contributed by atoms with Crippen LogP contribution in [0.4, 0.5) is 14.6 Å². The van der Waals surface area contributed by atoms with Crippen LogP contribution in [-0.4, -0.2) is 41.4 Å². The molecule has 0 amide bonds. The zero-order valence-corrected chi connectivity index (χ0v) is 14.9. The van der Waals surface area contributed by atoms with E-state index < -0.39 is 36.2 Å². The quantitative estimate of drug-likeness (QED) is 0.623. The Morgan fingerprint density at radius 1 is 1.32 bits per heavy atom. The minimum atomic E-state index is -2.76. The summed E-state index contributed by atoms with van der Waals surface area (Å²) < 4.78 is 33.5. The second-order valence-electron chi connectivity index (χ2n) is 7.05. The molecule has 0 saturated carbocycles. The molecule has 0 aliphatic carbocycles. The molecule has 0 aromatic carbocycles. The van der Waals surface area contributed by atoms with Crippen LogP contribution in [0.2, 0.25) is 0 Å². The monoisotopic (exact) mass is 391 g/mol. The Kier molecular flexibility index (Phi) is 4.48. The van der Waals surface area contributed by atoms with E-state index in [1.807, 2.05) is 0 Å². The second-order valence-corrected chi connectivity index (χ2v) is 7.05. The first-order chi connectivity index (χ1) is 13.3. The standard InChI is InChI=1S/C18H19F2N5O3/c1-18(27)7-12(25-5-3-10-16(21)23-8-24-17(10)25)28-14(18)13(26)9-2-4-22-11(6-9)15(19)20/h2-6,8,12-15,26-27H,7H2,1H3,(H2,21,23,24)/t12-,13+,14-,18+/m1/s1. The highest BCUT2D eigenvalue weighted by molar-refractivity contribution is 5.86. The van der Waals surface area contributed by atoms with Crippen molar-refractivity contribution in [3.63, 3.8) is 0 Å². The molecule has 10 heteroatoms. The first-order valence-corrected chi connectivity index (χ1v) is 8.65. The number of anilines is 1.